The third kappa shape index (κ3) is 0.789. The highest BCUT2D eigenvalue weighted by Crippen LogP contribution is 2.38. The van der Waals surface area contributed by atoms with Crippen LogP contribution in [-0.4, -0.2) is 19.0 Å². The molecule has 4 atom stereocenters. The molecule has 2 fully saturated rings. The molecule has 0 spiro atoms. The van der Waals surface area contributed by atoms with Gasteiger partial charge in [0.25, 0.3) is 0 Å². The number of rotatable bonds is 0. The highest BCUT2D eigenvalue weighted by molar-refractivity contribution is 4.84. The third-order valence-corrected chi connectivity index (χ3v) is 2.85. The van der Waals surface area contributed by atoms with Crippen LogP contribution in [0.2, 0.25) is 0 Å². The molecule has 2 rings (SSSR count). The van der Waals surface area contributed by atoms with E-state index in [-0.39, 0.29) is 6.29 Å². The SMILES string of the molecule is CC1OC2OCCC2C1C. The lowest BCUT2D eigenvalue weighted by molar-refractivity contribution is -0.113. The van der Waals surface area contributed by atoms with Gasteiger partial charge in [-0.3, -0.25) is 0 Å². The van der Waals surface area contributed by atoms with Crippen molar-refractivity contribution in [1.82, 2.24) is 0 Å². The molecule has 2 nitrogen and oxygen atoms in total. The maximum atomic E-state index is 5.58. The summed E-state index contributed by atoms with van der Waals surface area (Å²) in [4.78, 5) is 0. The number of hydrogen-bond acceptors (Lipinski definition) is 2. The minimum atomic E-state index is 0.130. The van der Waals surface area contributed by atoms with Gasteiger partial charge in [0.15, 0.2) is 6.29 Å². The second-order valence-electron chi connectivity index (χ2n) is 3.39. The van der Waals surface area contributed by atoms with Crippen molar-refractivity contribution in [2.75, 3.05) is 6.61 Å². The van der Waals surface area contributed by atoms with Crippen LogP contribution in [0, 0.1) is 11.8 Å². The summed E-state index contributed by atoms with van der Waals surface area (Å²) in [5, 5.41) is 0. The molecule has 0 radical (unpaired) electrons. The van der Waals surface area contributed by atoms with Crippen molar-refractivity contribution in [3.05, 3.63) is 0 Å². The van der Waals surface area contributed by atoms with Crippen LogP contribution in [0.25, 0.3) is 0 Å². The molecule has 0 bridgehead atoms. The Morgan fingerprint density at radius 1 is 1.30 bits per heavy atom. The fourth-order valence-electron chi connectivity index (χ4n) is 1.91. The summed E-state index contributed by atoms with van der Waals surface area (Å²) >= 11 is 0. The van der Waals surface area contributed by atoms with Crippen molar-refractivity contribution in [2.24, 2.45) is 11.8 Å². The van der Waals surface area contributed by atoms with Gasteiger partial charge in [-0.05, 0) is 19.3 Å². The molecule has 0 aromatic carbocycles. The van der Waals surface area contributed by atoms with E-state index in [1.807, 2.05) is 0 Å². The van der Waals surface area contributed by atoms with Crippen LogP contribution in [0.15, 0.2) is 0 Å². The molecule has 0 N–H and O–H groups in total. The third-order valence-electron chi connectivity index (χ3n) is 2.85. The maximum Gasteiger partial charge on any atom is 0.161 e. The first-order valence-electron chi connectivity index (χ1n) is 4.06. The highest BCUT2D eigenvalue weighted by Gasteiger charge is 2.43. The predicted octanol–water partition coefficient (Wildman–Crippen LogP) is 1.40. The monoisotopic (exact) mass is 142 g/mol. The fourth-order valence-corrected chi connectivity index (χ4v) is 1.91. The summed E-state index contributed by atoms with van der Waals surface area (Å²) in [6, 6.07) is 0. The van der Waals surface area contributed by atoms with E-state index in [0.29, 0.717) is 17.9 Å². The van der Waals surface area contributed by atoms with Crippen LogP contribution >= 0.6 is 0 Å². The van der Waals surface area contributed by atoms with E-state index in [4.69, 9.17) is 9.47 Å². The van der Waals surface area contributed by atoms with Crippen LogP contribution in [-0.2, 0) is 9.47 Å². The van der Waals surface area contributed by atoms with Gasteiger partial charge in [0.1, 0.15) is 0 Å². The lowest BCUT2D eigenvalue weighted by Crippen LogP contribution is -2.13. The number of hydrogen-bond donors (Lipinski definition) is 0. The lowest BCUT2D eigenvalue weighted by Gasteiger charge is -2.10. The number of ether oxygens (including phenoxy) is 2. The second-order valence-corrected chi connectivity index (χ2v) is 3.39. The summed E-state index contributed by atoms with van der Waals surface area (Å²) in [5.41, 5.74) is 0. The van der Waals surface area contributed by atoms with Crippen LogP contribution < -0.4 is 0 Å². The molecule has 2 heterocycles. The largest absolute Gasteiger partial charge is 0.352 e. The zero-order chi connectivity index (χ0) is 7.14. The minimum Gasteiger partial charge on any atom is -0.352 e. The van der Waals surface area contributed by atoms with Crippen LogP contribution in [0.4, 0.5) is 0 Å². The van der Waals surface area contributed by atoms with Gasteiger partial charge < -0.3 is 9.47 Å². The van der Waals surface area contributed by atoms with Crippen LogP contribution in [0.1, 0.15) is 20.3 Å². The summed E-state index contributed by atoms with van der Waals surface area (Å²) in [7, 11) is 0. The van der Waals surface area contributed by atoms with Gasteiger partial charge in [-0.2, -0.15) is 0 Å². The van der Waals surface area contributed by atoms with Crippen molar-refractivity contribution in [3.8, 4) is 0 Å². The van der Waals surface area contributed by atoms with Crippen molar-refractivity contribution < 1.29 is 9.47 Å². The van der Waals surface area contributed by atoms with E-state index >= 15 is 0 Å². The summed E-state index contributed by atoms with van der Waals surface area (Å²) < 4.78 is 11.0. The first-order chi connectivity index (χ1) is 4.79. The zero-order valence-electron chi connectivity index (χ0n) is 6.54. The van der Waals surface area contributed by atoms with E-state index in [9.17, 15) is 0 Å². The topological polar surface area (TPSA) is 18.5 Å². The molecule has 2 saturated heterocycles. The Balaban J connectivity index is 2.09. The average Bonchev–Trinajstić information content (AvgIpc) is 2.41. The number of fused-ring (bicyclic) bond motifs is 1. The predicted molar refractivity (Wildman–Crippen MR) is 37.6 cm³/mol. The first-order valence-corrected chi connectivity index (χ1v) is 4.06. The Bertz CT molecular complexity index is 133. The molecule has 2 aliphatic rings. The lowest BCUT2D eigenvalue weighted by atomic mass is 9.91. The molecule has 2 heteroatoms. The molecule has 0 amide bonds. The van der Waals surface area contributed by atoms with Gasteiger partial charge >= 0.3 is 0 Å². The molecule has 0 saturated carbocycles. The molecular formula is C8H14O2. The Labute approximate surface area is 61.5 Å². The Morgan fingerprint density at radius 3 is 2.80 bits per heavy atom. The average molecular weight is 142 g/mol. The molecule has 0 aromatic rings. The molecule has 10 heavy (non-hydrogen) atoms. The summed E-state index contributed by atoms with van der Waals surface area (Å²) in [6.07, 6.45) is 1.72. The van der Waals surface area contributed by atoms with Crippen molar-refractivity contribution in [2.45, 2.75) is 32.7 Å². The quantitative estimate of drug-likeness (QED) is 0.509. The van der Waals surface area contributed by atoms with E-state index in [1.165, 1.54) is 6.42 Å². The molecule has 4 unspecified atom stereocenters. The Kier molecular flexibility index (Phi) is 1.46. The van der Waals surface area contributed by atoms with Gasteiger partial charge in [0.05, 0.1) is 12.7 Å². The molecule has 0 aromatic heterocycles. The van der Waals surface area contributed by atoms with E-state index in [2.05, 4.69) is 13.8 Å². The van der Waals surface area contributed by atoms with E-state index < -0.39 is 0 Å². The molecule has 2 aliphatic heterocycles. The first kappa shape index (κ1) is 6.62. The van der Waals surface area contributed by atoms with E-state index in [1.54, 1.807) is 0 Å². The fraction of sp³-hybridized carbons (Fsp3) is 1.00. The zero-order valence-corrected chi connectivity index (χ0v) is 6.54. The van der Waals surface area contributed by atoms with Crippen molar-refractivity contribution in [3.63, 3.8) is 0 Å². The standard InChI is InChI=1S/C8H14O2/c1-5-6(2)10-8-7(5)3-4-9-8/h5-8H,3-4H2,1-2H3. The van der Waals surface area contributed by atoms with Gasteiger partial charge in [0, 0.05) is 5.92 Å². The summed E-state index contributed by atoms with van der Waals surface area (Å²) in [6.45, 7) is 5.28. The van der Waals surface area contributed by atoms with Gasteiger partial charge in [0.2, 0.25) is 0 Å². The molecule has 58 valence electrons. The molecule has 0 aliphatic carbocycles. The highest BCUT2D eigenvalue weighted by atomic mass is 16.7. The second kappa shape index (κ2) is 2.21. The molecular weight excluding hydrogens is 128 g/mol. The smallest absolute Gasteiger partial charge is 0.161 e. The normalized spacial score (nSPS) is 53.4. The van der Waals surface area contributed by atoms with Gasteiger partial charge in [-0.25, -0.2) is 0 Å². The van der Waals surface area contributed by atoms with E-state index in [0.717, 1.165) is 6.61 Å². The Morgan fingerprint density at radius 2 is 2.10 bits per heavy atom. The van der Waals surface area contributed by atoms with Crippen LogP contribution in [0.5, 0.6) is 0 Å². The van der Waals surface area contributed by atoms with Gasteiger partial charge in [-0.1, -0.05) is 6.92 Å². The van der Waals surface area contributed by atoms with Crippen LogP contribution in [0.3, 0.4) is 0 Å². The summed E-state index contributed by atoms with van der Waals surface area (Å²) in [5.74, 6) is 1.36. The van der Waals surface area contributed by atoms with Crippen molar-refractivity contribution in [1.29, 1.82) is 0 Å². The van der Waals surface area contributed by atoms with Gasteiger partial charge in [-0.15, -0.1) is 0 Å². The Hall–Kier alpha value is -0.0800. The minimum absolute atomic E-state index is 0.130. The van der Waals surface area contributed by atoms with Crippen molar-refractivity contribution >= 4 is 0 Å². The maximum absolute atomic E-state index is 5.58.